The summed E-state index contributed by atoms with van der Waals surface area (Å²) in [7, 11) is 0. The number of fused-ring (bicyclic) bond motifs is 9. The third kappa shape index (κ3) is 16.8. The number of rotatable bonds is 8. The van der Waals surface area contributed by atoms with Crippen LogP contribution in [0, 0.1) is 79.4 Å². The van der Waals surface area contributed by atoms with Gasteiger partial charge >= 0.3 is 0 Å². The van der Waals surface area contributed by atoms with Crippen molar-refractivity contribution in [2.45, 2.75) is 61.6 Å². The standard InChI is InChI=1S/C23H21N2.C22H19N2.2C20H15N2.C14H11N2.4Ir/c1-15-11-12-20-21(13-15)25(22-16(2)7-6-8-17(22)3)23-19-10-5-4-9-18(19)14-24(20)23;1-15-12-13-20-19(14-15)23-22(18-10-5-4-6-11-18)24(20)21-16(2)8-7-9-17(21)3;1-15-12-13-19-18(14-15)21-20(16-8-4-2-5-9-16)22(19)17-10-6-3-7-11-17;1-15-12-13-18-19(14-15)22(17-10-6-3-7-11-17)20(21-18)16-8-4-2-5-9-16;1-16-13-10-6-5-9-12(13)15-14(16)11-7-3-2-4-8-11;;;;/h4-13H,14H2,1-3H3;4-10,12-14H,1-3H3;2*2-8,10-14H,1H3;2-7,9-10H,1H3;;;;/q+1;4*-1;;;;/i5*1D3;;;;. The van der Waals surface area contributed by atoms with Crippen LogP contribution in [0.25, 0.3) is 135 Å². The molecule has 20 rings (SSSR count). The summed E-state index contributed by atoms with van der Waals surface area (Å²) >= 11 is 0. The third-order valence-electron chi connectivity index (χ3n) is 19.2. The van der Waals surface area contributed by atoms with Gasteiger partial charge < -0.3 is 18.3 Å². The van der Waals surface area contributed by atoms with Gasteiger partial charge in [0.05, 0.1) is 73.0 Å². The van der Waals surface area contributed by atoms with Crippen LogP contribution < -0.4 is 4.57 Å². The van der Waals surface area contributed by atoms with Crippen molar-refractivity contribution in [2.75, 3.05) is 0 Å². The molecule has 0 bridgehead atoms. The van der Waals surface area contributed by atoms with Gasteiger partial charge in [0.15, 0.2) is 11.0 Å². The van der Waals surface area contributed by atoms with E-state index in [-0.39, 0.29) is 80.4 Å². The van der Waals surface area contributed by atoms with Crippen molar-refractivity contribution in [1.29, 1.82) is 0 Å². The van der Waals surface area contributed by atoms with Gasteiger partial charge in [-0.15, -0.1) is 144 Å². The monoisotopic (exact) mass is 2200 g/mol. The summed E-state index contributed by atoms with van der Waals surface area (Å²) < 4.78 is 128. The van der Waals surface area contributed by atoms with Crippen LogP contribution in [0.3, 0.4) is 0 Å². The number of aromatic nitrogens is 10. The third-order valence-corrected chi connectivity index (χ3v) is 19.2. The topological polar surface area (TPSA) is 80.1 Å². The number of aryl methyl sites for hydroxylation is 9. The summed E-state index contributed by atoms with van der Waals surface area (Å²) in [6.45, 7) is -1.69. The van der Waals surface area contributed by atoms with Crippen molar-refractivity contribution in [2.24, 2.45) is 6.98 Å². The van der Waals surface area contributed by atoms with Gasteiger partial charge in [-0.05, 0) is 191 Å². The van der Waals surface area contributed by atoms with E-state index >= 15 is 0 Å². The number of imidazole rings is 5. The van der Waals surface area contributed by atoms with Gasteiger partial charge in [-0.25, -0.2) is 4.57 Å². The maximum atomic E-state index is 7.86. The molecule has 14 heteroatoms. The summed E-state index contributed by atoms with van der Waals surface area (Å²) in [6, 6.07) is 112. The largest absolute Gasteiger partial charge is 0.367 e. The molecule has 0 amide bonds. The predicted octanol–water partition coefficient (Wildman–Crippen LogP) is 22.9. The minimum Gasteiger partial charge on any atom is -0.367 e. The van der Waals surface area contributed by atoms with E-state index in [2.05, 4.69) is 125 Å². The van der Waals surface area contributed by atoms with E-state index in [0.29, 0.717) is 55.7 Å². The van der Waals surface area contributed by atoms with Crippen molar-refractivity contribution >= 4 is 55.2 Å². The number of para-hydroxylation sites is 6. The van der Waals surface area contributed by atoms with E-state index < -0.39 is 34.4 Å². The van der Waals surface area contributed by atoms with Crippen molar-refractivity contribution in [3.63, 3.8) is 0 Å². The van der Waals surface area contributed by atoms with E-state index in [4.69, 9.17) is 35.5 Å². The number of benzene rings is 14. The van der Waals surface area contributed by atoms with Crippen LogP contribution in [-0.2, 0) is 93.9 Å². The van der Waals surface area contributed by atoms with Crippen LogP contribution in [0.4, 0.5) is 0 Å². The Morgan fingerprint density at radius 2 is 0.717 bits per heavy atom. The summed E-state index contributed by atoms with van der Waals surface area (Å²) in [6.07, 6.45) is 0. The van der Waals surface area contributed by atoms with Gasteiger partial charge in [-0.3, -0.25) is 19.9 Å². The second-order valence-electron chi connectivity index (χ2n) is 26.5. The molecule has 0 aliphatic carbocycles. The summed E-state index contributed by atoms with van der Waals surface area (Å²) in [5.74, 6) is 3.77. The fourth-order valence-electron chi connectivity index (χ4n) is 14.3. The first kappa shape index (κ1) is 63.5. The first-order valence-corrected chi connectivity index (χ1v) is 35.7. The van der Waals surface area contributed by atoms with E-state index in [1.165, 1.54) is 26.8 Å². The molecule has 0 spiro atoms. The molecule has 6 heterocycles. The van der Waals surface area contributed by atoms with Crippen LogP contribution in [-0.4, -0.2) is 42.8 Å². The molecular formula is C99H81Ir4N10-3. The molecule has 566 valence electrons. The molecule has 4 radical (unpaired) electrons. The Morgan fingerprint density at radius 3 is 1.23 bits per heavy atom. The molecule has 113 heavy (non-hydrogen) atoms. The summed E-state index contributed by atoms with van der Waals surface area (Å²) in [5, 5.41) is 0. The smallest absolute Gasteiger partial charge is 0.295 e. The molecule has 0 unspecified atom stereocenters. The van der Waals surface area contributed by atoms with Gasteiger partial charge in [0.2, 0.25) is 0 Å². The van der Waals surface area contributed by atoms with Crippen molar-refractivity contribution < 1.29 is 106 Å². The molecule has 0 saturated carbocycles. The molecule has 14 aromatic carbocycles. The van der Waals surface area contributed by atoms with Crippen LogP contribution in [0.1, 0.15) is 70.6 Å². The average molecular weight is 2190 g/mol. The van der Waals surface area contributed by atoms with E-state index in [9.17, 15) is 0 Å². The van der Waals surface area contributed by atoms with Gasteiger partial charge in [-0.2, -0.15) is 4.57 Å². The molecule has 0 fully saturated rings. The first-order valence-electron chi connectivity index (χ1n) is 43.2. The minimum atomic E-state index is -2.27. The summed E-state index contributed by atoms with van der Waals surface area (Å²) in [5.41, 5.74) is 23.6. The molecule has 19 aromatic rings. The molecule has 0 N–H and O–H groups in total. The quantitative estimate of drug-likeness (QED) is 0.112. The number of hydrogen-bond acceptors (Lipinski definition) is 4. The Bertz CT molecular complexity index is 7040. The van der Waals surface area contributed by atoms with Gasteiger partial charge in [-0.1, -0.05) is 127 Å². The van der Waals surface area contributed by atoms with Gasteiger partial charge in [0.1, 0.15) is 12.2 Å². The zero-order valence-electron chi connectivity index (χ0n) is 76.5. The Labute approximate surface area is 736 Å². The zero-order valence-corrected chi connectivity index (χ0v) is 71.1. The zero-order chi connectivity index (χ0) is 87.2. The fourth-order valence-corrected chi connectivity index (χ4v) is 14.3. The second kappa shape index (κ2) is 36.2. The average Bonchev–Trinajstić information content (AvgIpc) is 1.55. The molecule has 0 atom stereocenters. The van der Waals surface area contributed by atoms with E-state index in [0.717, 1.165) is 114 Å². The van der Waals surface area contributed by atoms with Crippen molar-refractivity contribution in [3.8, 4) is 79.7 Å². The number of hydrogen-bond donors (Lipinski definition) is 0. The van der Waals surface area contributed by atoms with Crippen LogP contribution in [0.15, 0.2) is 315 Å². The Balaban J connectivity index is 0.000000145. The SMILES string of the molecule is [2H]C([2H])([2H])c1ccc2c(c1)n(-c1c(C)cccc1C)c1[n+]2Cc2ccccc2-1.[2H]C([2H])([2H])c1ccc2c(c1)nc(-c1[c-]cccc1)n2-c1c(C)cccc1C.[2H]C([2H])([2H])c1ccc2c(c1)nc(-c1[c-]cccc1)n2-c1ccccc1.[2H]C([2H])([2H])c1ccc2nc(-c3[c-]cccc3)n(-c3ccccc3)c2c1.[2H]C([2H])([2H])n1c(-c2[c-]cccc2)nc2ccccc21.[Ir].[Ir].[Ir].[Ir]. The Hall–Kier alpha value is -11.0. The normalized spacial score (nSPS) is 13.4. The molecule has 1 aliphatic heterocycles. The molecule has 1 aliphatic rings. The molecule has 0 saturated heterocycles. The van der Waals surface area contributed by atoms with Crippen LogP contribution in [0.2, 0.25) is 0 Å². The van der Waals surface area contributed by atoms with E-state index in [1.807, 2.05) is 209 Å². The first-order chi connectivity index (χ1) is 59.4. The minimum absolute atomic E-state index is 0. The van der Waals surface area contributed by atoms with Crippen LogP contribution >= 0.6 is 0 Å². The van der Waals surface area contributed by atoms with Gasteiger partial charge in [0, 0.05) is 131 Å². The van der Waals surface area contributed by atoms with Crippen LogP contribution in [0.5, 0.6) is 0 Å². The van der Waals surface area contributed by atoms with Crippen molar-refractivity contribution in [3.05, 3.63) is 390 Å². The molecular weight excluding hydrogens is 2100 g/mol. The maximum absolute atomic E-state index is 7.86. The maximum Gasteiger partial charge on any atom is 0.295 e. The number of nitrogens with zero attached hydrogens (tertiary/aromatic N) is 10. The predicted molar refractivity (Wildman–Crippen MR) is 447 cm³/mol. The molecule has 10 nitrogen and oxygen atoms in total. The van der Waals surface area contributed by atoms with Crippen molar-refractivity contribution in [1.82, 2.24) is 42.8 Å². The Morgan fingerprint density at radius 1 is 0.319 bits per heavy atom. The Kier molecular flexibility index (Phi) is 20.4. The van der Waals surface area contributed by atoms with E-state index in [1.54, 1.807) is 60.7 Å². The van der Waals surface area contributed by atoms with Gasteiger partial charge in [0.25, 0.3) is 5.82 Å². The second-order valence-corrected chi connectivity index (χ2v) is 26.5. The molecule has 5 aromatic heterocycles. The summed E-state index contributed by atoms with van der Waals surface area (Å²) in [4.78, 5) is 18.7. The fraction of sp³-hybridized carbons (Fsp3) is 0.101.